The number of nitrogens with zero attached hydrogens (tertiary/aromatic N) is 1. The van der Waals surface area contributed by atoms with Crippen LogP contribution in [0.5, 0.6) is 0 Å². The van der Waals surface area contributed by atoms with Crippen LogP contribution in [0.15, 0.2) is 24.3 Å². The van der Waals surface area contributed by atoms with Crippen molar-refractivity contribution < 1.29 is 9.53 Å². The number of urea groups is 1. The van der Waals surface area contributed by atoms with Crippen LogP contribution in [-0.4, -0.2) is 37.2 Å². The molecule has 1 saturated heterocycles. The zero-order valence-electron chi connectivity index (χ0n) is 11.0. The van der Waals surface area contributed by atoms with E-state index in [2.05, 4.69) is 25.2 Å². The van der Waals surface area contributed by atoms with E-state index < -0.39 is 0 Å². The molecule has 4 nitrogen and oxygen atoms in total. The molecule has 0 unspecified atom stereocenters. The summed E-state index contributed by atoms with van der Waals surface area (Å²) < 4.78 is 5.23. The quantitative estimate of drug-likeness (QED) is 0.874. The number of carbonyl (C=O) groups is 1. The standard InChI is InChI=1S/C14H20N2O2/c1-11(2)12-4-3-5-13(10-12)15-14(17)16-6-8-18-9-7-16/h3-5,10-11H,6-9H2,1-2H3,(H,15,17). The van der Waals surface area contributed by atoms with Crippen molar-refractivity contribution >= 4 is 11.7 Å². The molecule has 0 aliphatic carbocycles. The summed E-state index contributed by atoms with van der Waals surface area (Å²) in [5.41, 5.74) is 2.09. The molecule has 1 aromatic carbocycles. The van der Waals surface area contributed by atoms with Gasteiger partial charge in [-0.1, -0.05) is 26.0 Å². The van der Waals surface area contributed by atoms with Crippen LogP contribution in [0.1, 0.15) is 25.3 Å². The van der Waals surface area contributed by atoms with E-state index in [0.29, 0.717) is 32.2 Å². The first-order valence-corrected chi connectivity index (χ1v) is 6.40. The second-order valence-corrected chi connectivity index (χ2v) is 4.81. The first-order valence-electron chi connectivity index (χ1n) is 6.40. The van der Waals surface area contributed by atoms with Crippen molar-refractivity contribution in [1.82, 2.24) is 4.90 Å². The van der Waals surface area contributed by atoms with E-state index in [-0.39, 0.29) is 6.03 Å². The molecule has 1 N–H and O–H groups in total. The van der Waals surface area contributed by atoms with Gasteiger partial charge in [0.1, 0.15) is 0 Å². The number of hydrogen-bond acceptors (Lipinski definition) is 2. The molecule has 1 aromatic rings. The molecule has 0 spiro atoms. The molecule has 0 saturated carbocycles. The van der Waals surface area contributed by atoms with Crippen molar-refractivity contribution in [3.8, 4) is 0 Å². The second kappa shape index (κ2) is 5.87. The van der Waals surface area contributed by atoms with E-state index >= 15 is 0 Å². The fourth-order valence-electron chi connectivity index (χ4n) is 1.94. The van der Waals surface area contributed by atoms with Gasteiger partial charge < -0.3 is 15.0 Å². The van der Waals surface area contributed by atoms with Crippen LogP contribution in [0.3, 0.4) is 0 Å². The van der Waals surface area contributed by atoms with Crippen molar-refractivity contribution in [1.29, 1.82) is 0 Å². The molecule has 98 valence electrons. The Bertz CT molecular complexity index is 412. The van der Waals surface area contributed by atoms with Gasteiger partial charge in [0.15, 0.2) is 0 Å². The summed E-state index contributed by atoms with van der Waals surface area (Å²) in [4.78, 5) is 13.8. The van der Waals surface area contributed by atoms with Crippen molar-refractivity contribution in [2.24, 2.45) is 0 Å². The first kappa shape index (κ1) is 12.9. The molecule has 0 aromatic heterocycles. The number of nitrogens with one attached hydrogen (secondary N) is 1. The zero-order valence-corrected chi connectivity index (χ0v) is 11.0. The first-order chi connectivity index (χ1) is 8.66. The lowest BCUT2D eigenvalue weighted by atomic mass is 10.0. The summed E-state index contributed by atoms with van der Waals surface area (Å²) >= 11 is 0. The minimum Gasteiger partial charge on any atom is -0.378 e. The summed E-state index contributed by atoms with van der Waals surface area (Å²) in [5.74, 6) is 0.463. The Hall–Kier alpha value is -1.55. The van der Waals surface area contributed by atoms with Gasteiger partial charge in [-0.3, -0.25) is 0 Å². The van der Waals surface area contributed by atoms with Gasteiger partial charge in [0.2, 0.25) is 0 Å². The number of anilines is 1. The molecule has 0 bridgehead atoms. The topological polar surface area (TPSA) is 41.6 Å². The fourth-order valence-corrected chi connectivity index (χ4v) is 1.94. The predicted molar refractivity (Wildman–Crippen MR) is 71.9 cm³/mol. The molecular formula is C14H20N2O2. The minimum atomic E-state index is -0.0424. The van der Waals surface area contributed by atoms with Gasteiger partial charge in [-0.25, -0.2) is 4.79 Å². The van der Waals surface area contributed by atoms with Crippen LogP contribution in [0.4, 0.5) is 10.5 Å². The number of rotatable bonds is 2. The van der Waals surface area contributed by atoms with E-state index in [0.717, 1.165) is 5.69 Å². The molecule has 1 fully saturated rings. The number of hydrogen-bond donors (Lipinski definition) is 1. The maximum Gasteiger partial charge on any atom is 0.321 e. The van der Waals surface area contributed by atoms with E-state index in [1.807, 2.05) is 18.2 Å². The smallest absolute Gasteiger partial charge is 0.321 e. The van der Waals surface area contributed by atoms with Crippen molar-refractivity contribution in [3.63, 3.8) is 0 Å². The maximum atomic E-state index is 12.0. The molecule has 0 atom stereocenters. The fraction of sp³-hybridized carbons (Fsp3) is 0.500. The molecule has 2 amide bonds. The molecule has 18 heavy (non-hydrogen) atoms. The third-order valence-electron chi connectivity index (χ3n) is 3.10. The number of amides is 2. The highest BCUT2D eigenvalue weighted by atomic mass is 16.5. The van der Waals surface area contributed by atoms with Gasteiger partial charge in [-0.15, -0.1) is 0 Å². The summed E-state index contributed by atoms with van der Waals surface area (Å²) in [6.45, 7) is 6.86. The van der Waals surface area contributed by atoms with Crippen LogP contribution in [0, 0.1) is 0 Å². The number of morpholine rings is 1. The summed E-state index contributed by atoms with van der Waals surface area (Å²) in [7, 11) is 0. The summed E-state index contributed by atoms with van der Waals surface area (Å²) in [6.07, 6.45) is 0. The molecule has 1 heterocycles. The number of benzene rings is 1. The van der Waals surface area contributed by atoms with Crippen molar-refractivity contribution in [2.45, 2.75) is 19.8 Å². The predicted octanol–water partition coefficient (Wildman–Crippen LogP) is 2.67. The Kier molecular flexibility index (Phi) is 4.20. The van der Waals surface area contributed by atoms with Gasteiger partial charge in [-0.05, 0) is 23.6 Å². The average molecular weight is 248 g/mol. The lowest BCUT2D eigenvalue weighted by molar-refractivity contribution is 0.0564. The Labute approximate surface area is 108 Å². The number of carbonyl (C=O) groups excluding carboxylic acids is 1. The normalized spacial score (nSPS) is 15.8. The lowest BCUT2D eigenvalue weighted by Gasteiger charge is -2.27. The highest BCUT2D eigenvalue weighted by Crippen LogP contribution is 2.18. The Morgan fingerprint density at radius 1 is 1.33 bits per heavy atom. The van der Waals surface area contributed by atoms with Gasteiger partial charge in [-0.2, -0.15) is 0 Å². The van der Waals surface area contributed by atoms with E-state index in [1.54, 1.807) is 4.90 Å². The largest absolute Gasteiger partial charge is 0.378 e. The average Bonchev–Trinajstić information content (AvgIpc) is 2.40. The molecule has 4 heteroatoms. The molecule has 1 aliphatic rings. The Balaban J connectivity index is 1.99. The highest BCUT2D eigenvalue weighted by Gasteiger charge is 2.16. The summed E-state index contributed by atoms with van der Waals surface area (Å²) in [5, 5.41) is 2.94. The molecule has 0 radical (unpaired) electrons. The van der Waals surface area contributed by atoms with Crippen LogP contribution in [0.2, 0.25) is 0 Å². The van der Waals surface area contributed by atoms with Crippen LogP contribution < -0.4 is 5.32 Å². The SMILES string of the molecule is CC(C)c1cccc(NC(=O)N2CCOCC2)c1. The van der Waals surface area contributed by atoms with Gasteiger partial charge >= 0.3 is 6.03 Å². The monoisotopic (exact) mass is 248 g/mol. The molecular weight excluding hydrogens is 228 g/mol. The summed E-state index contributed by atoms with van der Waals surface area (Å²) in [6, 6.07) is 7.96. The molecule has 1 aliphatic heterocycles. The maximum absolute atomic E-state index is 12.0. The Morgan fingerprint density at radius 2 is 2.06 bits per heavy atom. The van der Waals surface area contributed by atoms with Crippen LogP contribution in [0.25, 0.3) is 0 Å². The van der Waals surface area contributed by atoms with Crippen molar-refractivity contribution in [2.75, 3.05) is 31.6 Å². The second-order valence-electron chi connectivity index (χ2n) is 4.81. The van der Waals surface area contributed by atoms with Crippen LogP contribution >= 0.6 is 0 Å². The van der Waals surface area contributed by atoms with Crippen LogP contribution in [-0.2, 0) is 4.74 Å². The number of ether oxygens (including phenoxy) is 1. The third kappa shape index (κ3) is 3.23. The minimum absolute atomic E-state index is 0.0424. The van der Waals surface area contributed by atoms with E-state index in [1.165, 1.54) is 5.56 Å². The van der Waals surface area contributed by atoms with Gasteiger partial charge in [0, 0.05) is 18.8 Å². The third-order valence-corrected chi connectivity index (χ3v) is 3.10. The van der Waals surface area contributed by atoms with Crippen molar-refractivity contribution in [3.05, 3.63) is 29.8 Å². The van der Waals surface area contributed by atoms with E-state index in [9.17, 15) is 4.79 Å². The molecule has 2 rings (SSSR count). The van der Waals surface area contributed by atoms with Gasteiger partial charge in [0.05, 0.1) is 13.2 Å². The van der Waals surface area contributed by atoms with E-state index in [4.69, 9.17) is 4.74 Å². The van der Waals surface area contributed by atoms with Gasteiger partial charge in [0.25, 0.3) is 0 Å². The lowest BCUT2D eigenvalue weighted by Crippen LogP contribution is -2.43. The highest BCUT2D eigenvalue weighted by molar-refractivity contribution is 5.89. The Morgan fingerprint density at radius 3 is 2.72 bits per heavy atom. The zero-order chi connectivity index (χ0) is 13.0.